The molecule has 0 fully saturated rings. The predicted octanol–water partition coefficient (Wildman–Crippen LogP) is 3.15. The third-order valence-electron chi connectivity index (χ3n) is 3.92. The van der Waals surface area contributed by atoms with Gasteiger partial charge in [0.25, 0.3) is 0 Å². The van der Waals surface area contributed by atoms with E-state index in [1.165, 1.54) is 0 Å². The summed E-state index contributed by atoms with van der Waals surface area (Å²) in [5.74, 6) is 0.684. The monoisotopic (exact) mass is 388 g/mol. The quantitative estimate of drug-likeness (QED) is 0.614. The van der Waals surface area contributed by atoms with Crippen LogP contribution in [-0.4, -0.2) is 31.5 Å². The lowest BCUT2D eigenvalue weighted by molar-refractivity contribution is -0.122. The van der Waals surface area contributed by atoms with E-state index in [9.17, 15) is 9.59 Å². The maximum atomic E-state index is 11.9. The van der Waals surface area contributed by atoms with Crippen molar-refractivity contribution in [3.63, 3.8) is 0 Å². The molecule has 0 aliphatic heterocycles. The summed E-state index contributed by atoms with van der Waals surface area (Å²) >= 11 is 5.84. The standard InChI is InChI=1S/C21H25ClN2O3/c1-2-27-19-10-5-17(6-11-19)15-21(26)24-14-13-23-20(25)12-7-16-3-8-18(22)9-4-16/h3-6,8-11H,2,7,12-15H2,1H3,(H,23,25)(H,24,26). The van der Waals surface area contributed by atoms with Crippen LogP contribution in [0.5, 0.6) is 5.75 Å². The lowest BCUT2D eigenvalue weighted by Gasteiger charge is -2.08. The molecule has 0 saturated carbocycles. The van der Waals surface area contributed by atoms with E-state index in [1.807, 2.05) is 55.5 Å². The lowest BCUT2D eigenvalue weighted by Crippen LogP contribution is -2.35. The molecule has 0 radical (unpaired) electrons. The van der Waals surface area contributed by atoms with E-state index >= 15 is 0 Å². The van der Waals surface area contributed by atoms with E-state index in [2.05, 4.69) is 10.6 Å². The molecule has 0 heterocycles. The van der Waals surface area contributed by atoms with Crippen molar-refractivity contribution in [2.24, 2.45) is 0 Å². The number of carbonyl (C=O) groups excluding carboxylic acids is 2. The molecule has 6 heteroatoms. The van der Waals surface area contributed by atoms with Crippen LogP contribution < -0.4 is 15.4 Å². The van der Waals surface area contributed by atoms with E-state index in [4.69, 9.17) is 16.3 Å². The first-order valence-corrected chi connectivity index (χ1v) is 9.44. The van der Waals surface area contributed by atoms with Crippen LogP contribution in [0, 0.1) is 0 Å². The summed E-state index contributed by atoms with van der Waals surface area (Å²) in [6, 6.07) is 14.9. The summed E-state index contributed by atoms with van der Waals surface area (Å²) in [5, 5.41) is 6.30. The van der Waals surface area contributed by atoms with Crippen molar-refractivity contribution >= 4 is 23.4 Å². The highest BCUT2D eigenvalue weighted by atomic mass is 35.5. The molecule has 2 amide bonds. The summed E-state index contributed by atoms with van der Waals surface area (Å²) in [6.45, 7) is 3.36. The van der Waals surface area contributed by atoms with E-state index < -0.39 is 0 Å². The fourth-order valence-electron chi connectivity index (χ4n) is 2.52. The van der Waals surface area contributed by atoms with E-state index in [-0.39, 0.29) is 11.8 Å². The summed E-state index contributed by atoms with van der Waals surface area (Å²) in [5.41, 5.74) is 1.99. The summed E-state index contributed by atoms with van der Waals surface area (Å²) < 4.78 is 5.37. The molecular formula is C21H25ClN2O3. The average molecular weight is 389 g/mol. The smallest absolute Gasteiger partial charge is 0.224 e. The molecule has 27 heavy (non-hydrogen) atoms. The van der Waals surface area contributed by atoms with Crippen molar-refractivity contribution in [3.8, 4) is 5.75 Å². The Labute approximate surface area is 165 Å². The fraction of sp³-hybridized carbons (Fsp3) is 0.333. The third-order valence-corrected chi connectivity index (χ3v) is 4.17. The Morgan fingerprint density at radius 3 is 2.11 bits per heavy atom. The highest BCUT2D eigenvalue weighted by Crippen LogP contribution is 2.12. The van der Waals surface area contributed by atoms with Gasteiger partial charge in [-0.25, -0.2) is 0 Å². The minimum absolute atomic E-state index is 0.0364. The van der Waals surface area contributed by atoms with Gasteiger partial charge in [-0.1, -0.05) is 35.9 Å². The highest BCUT2D eigenvalue weighted by molar-refractivity contribution is 6.30. The van der Waals surface area contributed by atoms with Crippen LogP contribution >= 0.6 is 11.6 Å². The number of benzene rings is 2. The molecule has 0 unspecified atom stereocenters. The molecule has 2 N–H and O–H groups in total. The Kier molecular flexibility index (Phi) is 8.65. The molecule has 5 nitrogen and oxygen atoms in total. The van der Waals surface area contributed by atoms with Crippen LogP contribution in [0.15, 0.2) is 48.5 Å². The number of nitrogens with one attached hydrogen (secondary N) is 2. The van der Waals surface area contributed by atoms with Crippen molar-refractivity contribution in [1.82, 2.24) is 10.6 Å². The number of hydrogen-bond donors (Lipinski definition) is 2. The maximum absolute atomic E-state index is 11.9. The second kappa shape index (κ2) is 11.2. The fourth-order valence-corrected chi connectivity index (χ4v) is 2.65. The number of aryl methyl sites for hydroxylation is 1. The van der Waals surface area contributed by atoms with E-state index in [1.54, 1.807) is 0 Å². The lowest BCUT2D eigenvalue weighted by atomic mass is 10.1. The van der Waals surface area contributed by atoms with Crippen LogP contribution in [-0.2, 0) is 22.4 Å². The second-order valence-electron chi connectivity index (χ2n) is 6.08. The SMILES string of the molecule is CCOc1ccc(CC(=O)NCCNC(=O)CCc2ccc(Cl)cc2)cc1. The first-order valence-electron chi connectivity index (χ1n) is 9.06. The summed E-state index contributed by atoms with van der Waals surface area (Å²) in [4.78, 5) is 23.8. The minimum Gasteiger partial charge on any atom is -0.494 e. The molecule has 0 aliphatic rings. The minimum atomic E-state index is -0.0745. The van der Waals surface area contributed by atoms with Crippen LogP contribution in [0.25, 0.3) is 0 Å². The molecule has 0 spiro atoms. The van der Waals surface area contributed by atoms with Crippen molar-refractivity contribution in [1.29, 1.82) is 0 Å². The molecule has 0 aliphatic carbocycles. The predicted molar refractivity (Wildman–Crippen MR) is 107 cm³/mol. The second-order valence-corrected chi connectivity index (χ2v) is 6.52. The molecule has 0 atom stereocenters. The molecule has 0 bridgehead atoms. The van der Waals surface area contributed by atoms with Crippen LogP contribution in [0.3, 0.4) is 0 Å². The van der Waals surface area contributed by atoms with Crippen molar-refractivity contribution < 1.29 is 14.3 Å². The number of ether oxygens (including phenoxy) is 1. The van der Waals surface area contributed by atoms with Crippen molar-refractivity contribution in [2.45, 2.75) is 26.2 Å². The Morgan fingerprint density at radius 1 is 0.889 bits per heavy atom. The Balaban J connectivity index is 1.59. The van der Waals surface area contributed by atoms with Gasteiger partial charge < -0.3 is 15.4 Å². The van der Waals surface area contributed by atoms with Gasteiger partial charge in [-0.3, -0.25) is 9.59 Å². The van der Waals surface area contributed by atoms with Crippen LogP contribution in [0.2, 0.25) is 5.02 Å². The van der Waals surface area contributed by atoms with Gasteiger partial charge in [0.15, 0.2) is 0 Å². The molecule has 0 aromatic heterocycles. The van der Waals surface area contributed by atoms with Gasteiger partial charge in [-0.15, -0.1) is 0 Å². The number of halogens is 1. The Morgan fingerprint density at radius 2 is 1.48 bits per heavy atom. The van der Waals surface area contributed by atoms with Gasteiger partial charge in [-0.05, 0) is 48.7 Å². The molecule has 2 aromatic rings. The first-order chi connectivity index (χ1) is 13.1. The zero-order chi connectivity index (χ0) is 19.5. The molecule has 2 aromatic carbocycles. The molecule has 0 saturated heterocycles. The number of carbonyl (C=O) groups is 2. The van der Waals surface area contributed by atoms with Gasteiger partial charge >= 0.3 is 0 Å². The van der Waals surface area contributed by atoms with Crippen LogP contribution in [0.4, 0.5) is 0 Å². The van der Waals surface area contributed by atoms with Gasteiger partial charge in [0.1, 0.15) is 5.75 Å². The first kappa shape index (κ1) is 20.8. The Bertz CT molecular complexity index is 730. The normalized spacial score (nSPS) is 10.3. The molecule has 2 rings (SSSR count). The van der Waals surface area contributed by atoms with Crippen LogP contribution in [0.1, 0.15) is 24.5 Å². The number of rotatable bonds is 10. The largest absolute Gasteiger partial charge is 0.494 e. The summed E-state index contributed by atoms with van der Waals surface area (Å²) in [6.07, 6.45) is 1.37. The zero-order valence-electron chi connectivity index (χ0n) is 15.5. The van der Waals surface area contributed by atoms with E-state index in [0.29, 0.717) is 44.0 Å². The highest BCUT2D eigenvalue weighted by Gasteiger charge is 2.05. The third kappa shape index (κ3) is 8.13. The Hall–Kier alpha value is -2.53. The van der Waals surface area contributed by atoms with Gasteiger partial charge in [0.05, 0.1) is 13.0 Å². The molecular weight excluding hydrogens is 364 g/mol. The zero-order valence-corrected chi connectivity index (χ0v) is 16.2. The van der Waals surface area contributed by atoms with Gasteiger partial charge in [-0.2, -0.15) is 0 Å². The number of hydrogen-bond acceptors (Lipinski definition) is 3. The van der Waals surface area contributed by atoms with Crippen molar-refractivity contribution in [3.05, 3.63) is 64.7 Å². The molecule has 144 valence electrons. The topological polar surface area (TPSA) is 67.4 Å². The van der Waals surface area contributed by atoms with E-state index in [0.717, 1.165) is 16.9 Å². The van der Waals surface area contributed by atoms with Gasteiger partial charge in [0, 0.05) is 24.5 Å². The number of amides is 2. The van der Waals surface area contributed by atoms with Gasteiger partial charge in [0.2, 0.25) is 11.8 Å². The average Bonchev–Trinajstić information content (AvgIpc) is 2.66. The maximum Gasteiger partial charge on any atom is 0.224 e. The van der Waals surface area contributed by atoms with Crippen molar-refractivity contribution in [2.75, 3.05) is 19.7 Å². The summed E-state index contributed by atoms with van der Waals surface area (Å²) in [7, 11) is 0.